The first kappa shape index (κ1) is 13.6. The van der Waals surface area contributed by atoms with Crippen LogP contribution in [0, 0.1) is 5.92 Å². The van der Waals surface area contributed by atoms with Crippen molar-refractivity contribution in [3.63, 3.8) is 0 Å². The van der Waals surface area contributed by atoms with E-state index in [0.717, 1.165) is 18.3 Å². The van der Waals surface area contributed by atoms with Gasteiger partial charge in [0.25, 0.3) is 0 Å². The Morgan fingerprint density at radius 1 is 1.47 bits per heavy atom. The summed E-state index contributed by atoms with van der Waals surface area (Å²) in [5, 5.41) is 12.1. The van der Waals surface area contributed by atoms with Gasteiger partial charge in [0, 0.05) is 19.7 Å². The van der Waals surface area contributed by atoms with Crippen LogP contribution in [0.4, 0.5) is 11.6 Å². The second kappa shape index (κ2) is 6.36. The number of aliphatic carboxylic acids is 1. The highest BCUT2D eigenvalue weighted by Gasteiger charge is 2.15. The molecular weight excluding hydrogens is 244 g/mol. The number of rotatable bonds is 6. The molecule has 0 spiro atoms. The van der Waals surface area contributed by atoms with E-state index in [9.17, 15) is 4.79 Å². The molecule has 0 bridgehead atoms. The molecule has 0 amide bonds. The Labute approximate surface area is 112 Å². The highest BCUT2D eigenvalue weighted by Crippen LogP contribution is 2.24. The smallest absolute Gasteiger partial charge is 0.323 e. The number of carboxylic acid groups (broad SMARTS) is 1. The molecule has 2 rings (SSSR count). The van der Waals surface area contributed by atoms with Gasteiger partial charge in [-0.1, -0.05) is 12.8 Å². The number of anilines is 2. The summed E-state index contributed by atoms with van der Waals surface area (Å²) in [4.78, 5) is 20.5. The molecule has 0 aromatic carbocycles. The van der Waals surface area contributed by atoms with Crippen LogP contribution in [0.5, 0.6) is 0 Å². The zero-order valence-electron chi connectivity index (χ0n) is 11.2. The van der Waals surface area contributed by atoms with E-state index in [1.807, 2.05) is 0 Å². The molecule has 0 aliphatic heterocycles. The maximum atomic E-state index is 10.7. The average Bonchev–Trinajstić information content (AvgIpc) is 2.89. The lowest BCUT2D eigenvalue weighted by Gasteiger charge is -2.16. The minimum atomic E-state index is -0.874. The molecule has 0 radical (unpaired) electrons. The number of likely N-dealkylation sites (N-methyl/N-ethyl adjacent to an activating group) is 1. The third kappa shape index (κ3) is 4.08. The highest BCUT2D eigenvalue weighted by molar-refractivity contribution is 5.73. The summed E-state index contributed by atoms with van der Waals surface area (Å²) >= 11 is 0. The van der Waals surface area contributed by atoms with Gasteiger partial charge >= 0.3 is 5.97 Å². The molecular formula is C13H20N4O2. The molecule has 0 atom stereocenters. The van der Waals surface area contributed by atoms with Crippen LogP contribution in [-0.2, 0) is 4.79 Å². The molecule has 19 heavy (non-hydrogen) atoms. The normalized spacial score (nSPS) is 15.4. The van der Waals surface area contributed by atoms with Crippen molar-refractivity contribution in [1.29, 1.82) is 0 Å². The molecule has 1 aromatic heterocycles. The summed E-state index contributed by atoms with van der Waals surface area (Å²) in [6.45, 7) is 0.859. The summed E-state index contributed by atoms with van der Waals surface area (Å²) in [5.41, 5.74) is 0. The molecule has 1 heterocycles. The first-order valence-corrected chi connectivity index (χ1v) is 6.64. The Balaban J connectivity index is 1.92. The van der Waals surface area contributed by atoms with E-state index in [0.29, 0.717) is 5.82 Å². The zero-order chi connectivity index (χ0) is 13.7. The van der Waals surface area contributed by atoms with Crippen molar-refractivity contribution in [1.82, 2.24) is 9.97 Å². The minimum Gasteiger partial charge on any atom is -0.480 e. The van der Waals surface area contributed by atoms with E-state index in [1.165, 1.54) is 32.0 Å². The van der Waals surface area contributed by atoms with Gasteiger partial charge in [0.1, 0.15) is 24.5 Å². The molecule has 1 saturated carbocycles. The Bertz CT molecular complexity index is 432. The molecule has 1 aliphatic rings. The fourth-order valence-electron chi connectivity index (χ4n) is 2.40. The summed E-state index contributed by atoms with van der Waals surface area (Å²) in [6, 6.07) is 1.79. The van der Waals surface area contributed by atoms with E-state index in [1.54, 1.807) is 18.0 Å². The predicted octanol–water partition coefficient (Wildman–Crippen LogP) is 1.60. The van der Waals surface area contributed by atoms with Gasteiger partial charge in [-0.3, -0.25) is 4.79 Å². The molecule has 1 aliphatic carbocycles. The van der Waals surface area contributed by atoms with Crippen molar-refractivity contribution in [2.24, 2.45) is 5.92 Å². The minimum absolute atomic E-state index is 0.0704. The van der Waals surface area contributed by atoms with E-state index in [-0.39, 0.29) is 6.54 Å². The molecule has 0 unspecified atom stereocenters. The van der Waals surface area contributed by atoms with Crippen molar-refractivity contribution < 1.29 is 9.90 Å². The number of carbonyl (C=O) groups is 1. The highest BCUT2D eigenvalue weighted by atomic mass is 16.4. The van der Waals surface area contributed by atoms with E-state index in [2.05, 4.69) is 15.3 Å². The molecule has 1 aromatic rings. The fourth-order valence-corrected chi connectivity index (χ4v) is 2.40. The van der Waals surface area contributed by atoms with Crippen LogP contribution in [0.25, 0.3) is 0 Å². The van der Waals surface area contributed by atoms with Crippen molar-refractivity contribution in [2.45, 2.75) is 25.7 Å². The van der Waals surface area contributed by atoms with Crippen LogP contribution in [0.1, 0.15) is 25.7 Å². The maximum absolute atomic E-state index is 10.7. The molecule has 6 nitrogen and oxygen atoms in total. The Morgan fingerprint density at radius 2 is 2.21 bits per heavy atom. The number of nitrogens with one attached hydrogen (secondary N) is 1. The van der Waals surface area contributed by atoms with Gasteiger partial charge in [-0.05, 0) is 18.8 Å². The number of aromatic nitrogens is 2. The lowest BCUT2D eigenvalue weighted by molar-refractivity contribution is -0.135. The molecule has 1 fully saturated rings. The Morgan fingerprint density at radius 3 is 2.89 bits per heavy atom. The van der Waals surface area contributed by atoms with Gasteiger partial charge in [0.05, 0.1) is 0 Å². The lowest BCUT2D eigenvalue weighted by atomic mass is 10.1. The van der Waals surface area contributed by atoms with Gasteiger partial charge in [0.15, 0.2) is 0 Å². The second-order valence-electron chi connectivity index (χ2n) is 5.04. The molecule has 104 valence electrons. The Kier molecular flexibility index (Phi) is 4.54. The number of nitrogens with zero attached hydrogens (tertiary/aromatic N) is 3. The SMILES string of the molecule is CN(CC(=O)O)c1cc(NCC2CCCC2)ncn1. The van der Waals surface area contributed by atoms with E-state index >= 15 is 0 Å². The fraction of sp³-hybridized carbons (Fsp3) is 0.615. The van der Waals surface area contributed by atoms with Crippen LogP contribution >= 0.6 is 0 Å². The van der Waals surface area contributed by atoms with Gasteiger partial charge in [-0.25, -0.2) is 9.97 Å². The van der Waals surface area contributed by atoms with Crippen molar-refractivity contribution in [3.05, 3.63) is 12.4 Å². The number of hydrogen-bond donors (Lipinski definition) is 2. The molecule has 6 heteroatoms. The van der Waals surface area contributed by atoms with E-state index < -0.39 is 5.97 Å². The quantitative estimate of drug-likeness (QED) is 0.812. The van der Waals surface area contributed by atoms with Crippen LogP contribution in [-0.4, -0.2) is 41.2 Å². The zero-order valence-corrected chi connectivity index (χ0v) is 11.2. The third-order valence-electron chi connectivity index (χ3n) is 3.46. The van der Waals surface area contributed by atoms with Crippen molar-refractivity contribution in [3.8, 4) is 0 Å². The van der Waals surface area contributed by atoms with Crippen LogP contribution < -0.4 is 10.2 Å². The van der Waals surface area contributed by atoms with Gasteiger partial charge in [-0.2, -0.15) is 0 Å². The first-order chi connectivity index (χ1) is 9.15. The number of carboxylic acids is 1. The third-order valence-corrected chi connectivity index (χ3v) is 3.46. The van der Waals surface area contributed by atoms with Gasteiger partial charge in [-0.15, -0.1) is 0 Å². The standard InChI is InChI=1S/C13H20N4O2/c1-17(8-13(18)19)12-6-11(15-9-16-12)14-7-10-4-2-3-5-10/h6,9-10H,2-5,7-8H2,1H3,(H,18,19)(H,14,15,16). The van der Waals surface area contributed by atoms with Crippen molar-refractivity contribution >= 4 is 17.6 Å². The Hall–Kier alpha value is -1.85. The molecule has 0 saturated heterocycles. The first-order valence-electron chi connectivity index (χ1n) is 6.64. The second-order valence-corrected chi connectivity index (χ2v) is 5.04. The van der Waals surface area contributed by atoms with Crippen molar-refractivity contribution in [2.75, 3.05) is 30.4 Å². The summed E-state index contributed by atoms with van der Waals surface area (Å²) in [5.74, 6) is 1.23. The average molecular weight is 264 g/mol. The van der Waals surface area contributed by atoms with Crippen LogP contribution in [0.15, 0.2) is 12.4 Å². The lowest BCUT2D eigenvalue weighted by Crippen LogP contribution is -2.26. The number of hydrogen-bond acceptors (Lipinski definition) is 5. The summed E-state index contributed by atoms with van der Waals surface area (Å²) in [6.07, 6.45) is 6.67. The topological polar surface area (TPSA) is 78.4 Å². The van der Waals surface area contributed by atoms with Crippen LogP contribution in [0.2, 0.25) is 0 Å². The monoisotopic (exact) mass is 264 g/mol. The summed E-state index contributed by atoms with van der Waals surface area (Å²) in [7, 11) is 1.71. The maximum Gasteiger partial charge on any atom is 0.323 e. The van der Waals surface area contributed by atoms with Gasteiger partial charge < -0.3 is 15.3 Å². The van der Waals surface area contributed by atoms with Gasteiger partial charge in [0.2, 0.25) is 0 Å². The summed E-state index contributed by atoms with van der Waals surface area (Å²) < 4.78 is 0. The predicted molar refractivity (Wildman–Crippen MR) is 73.4 cm³/mol. The largest absolute Gasteiger partial charge is 0.480 e. The van der Waals surface area contributed by atoms with E-state index in [4.69, 9.17) is 5.11 Å². The van der Waals surface area contributed by atoms with Crippen LogP contribution in [0.3, 0.4) is 0 Å². The molecule has 2 N–H and O–H groups in total.